The second-order valence-corrected chi connectivity index (χ2v) is 7.99. The molecule has 1 nitrogen and oxygen atoms in total. The third kappa shape index (κ3) is 4.80. The highest BCUT2D eigenvalue weighted by atomic mass is 32.2. The van der Waals surface area contributed by atoms with Crippen LogP contribution in [0.1, 0.15) is 49.3 Å². The standard InChI is InChI=1S/C16H27NS2/c1-3-10-17-15(16-7-5-6-11-18-16)12-14-9-8-13(4-2)19-14/h8-9,15-17H,3-7,10-12H2,1-2H3. The molecule has 108 valence electrons. The van der Waals surface area contributed by atoms with Crippen LogP contribution in [0.2, 0.25) is 0 Å². The minimum Gasteiger partial charge on any atom is -0.313 e. The Bertz CT molecular complexity index is 355. The van der Waals surface area contributed by atoms with Gasteiger partial charge in [-0.1, -0.05) is 20.3 Å². The molecule has 0 radical (unpaired) electrons. The predicted molar refractivity (Wildman–Crippen MR) is 89.6 cm³/mol. The van der Waals surface area contributed by atoms with Crippen LogP contribution in [0, 0.1) is 0 Å². The Morgan fingerprint density at radius 3 is 2.74 bits per heavy atom. The largest absolute Gasteiger partial charge is 0.313 e. The summed E-state index contributed by atoms with van der Waals surface area (Å²) in [6.45, 7) is 5.67. The zero-order valence-corrected chi connectivity index (χ0v) is 13.9. The summed E-state index contributed by atoms with van der Waals surface area (Å²) in [5.74, 6) is 1.36. The first-order valence-electron chi connectivity index (χ1n) is 7.76. The van der Waals surface area contributed by atoms with E-state index in [1.165, 1.54) is 49.2 Å². The summed E-state index contributed by atoms with van der Waals surface area (Å²) < 4.78 is 0. The topological polar surface area (TPSA) is 12.0 Å². The summed E-state index contributed by atoms with van der Waals surface area (Å²) in [5, 5.41) is 4.63. The first-order chi connectivity index (χ1) is 9.33. The van der Waals surface area contributed by atoms with Crippen LogP contribution in [0.25, 0.3) is 0 Å². The van der Waals surface area contributed by atoms with Gasteiger partial charge < -0.3 is 5.32 Å². The van der Waals surface area contributed by atoms with E-state index in [1.54, 1.807) is 4.88 Å². The number of aryl methyl sites for hydroxylation is 1. The summed E-state index contributed by atoms with van der Waals surface area (Å²) in [7, 11) is 0. The maximum Gasteiger partial charge on any atom is 0.0234 e. The Labute approximate surface area is 126 Å². The summed E-state index contributed by atoms with van der Waals surface area (Å²) in [6, 6.07) is 5.33. The van der Waals surface area contributed by atoms with Crippen molar-refractivity contribution in [2.45, 2.75) is 63.7 Å². The van der Waals surface area contributed by atoms with Gasteiger partial charge >= 0.3 is 0 Å². The molecule has 0 aliphatic carbocycles. The van der Waals surface area contributed by atoms with E-state index in [4.69, 9.17) is 0 Å². The average molecular weight is 298 g/mol. The maximum atomic E-state index is 3.80. The Morgan fingerprint density at radius 2 is 2.11 bits per heavy atom. The third-order valence-corrected chi connectivity index (χ3v) is 6.58. The van der Waals surface area contributed by atoms with E-state index in [9.17, 15) is 0 Å². The third-order valence-electron chi connectivity index (χ3n) is 3.81. The number of hydrogen-bond donors (Lipinski definition) is 1. The van der Waals surface area contributed by atoms with Gasteiger partial charge in [-0.2, -0.15) is 11.8 Å². The number of hydrogen-bond acceptors (Lipinski definition) is 3. The fraction of sp³-hybridized carbons (Fsp3) is 0.750. The zero-order chi connectivity index (χ0) is 13.5. The van der Waals surface area contributed by atoms with Gasteiger partial charge in [0, 0.05) is 21.0 Å². The summed E-state index contributed by atoms with van der Waals surface area (Å²) in [6.07, 6.45) is 7.88. The van der Waals surface area contributed by atoms with Gasteiger partial charge in [-0.3, -0.25) is 0 Å². The Kier molecular flexibility index (Phi) is 6.75. The smallest absolute Gasteiger partial charge is 0.0234 e. The molecule has 1 aromatic heterocycles. The number of nitrogens with one attached hydrogen (secondary N) is 1. The van der Waals surface area contributed by atoms with Crippen LogP contribution in [-0.2, 0) is 12.8 Å². The molecule has 0 spiro atoms. The molecule has 1 saturated heterocycles. The molecule has 0 saturated carbocycles. The first-order valence-corrected chi connectivity index (χ1v) is 9.62. The minimum absolute atomic E-state index is 0.675. The van der Waals surface area contributed by atoms with E-state index in [0.717, 1.165) is 11.8 Å². The summed E-state index contributed by atoms with van der Waals surface area (Å²) in [4.78, 5) is 3.09. The average Bonchev–Trinajstić information content (AvgIpc) is 2.92. The van der Waals surface area contributed by atoms with Gasteiger partial charge in [0.25, 0.3) is 0 Å². The van der Waals surface area contributed by atoms with Crippen LogP contribution < -0.4 is 5.32 Å². The molecule has 2 rings (SSSR count). The van der Waals surface area contributed by atoms with Crippen LogP contribution in [0.3, 0.4) is 0 Å². The highest BCUT2D eigenvalue weighted by Gasteiger charge is 2.24. The monoisotopic (exact) mass is 297 g/mol. The lowest BCUT2D eigenvalue weighted by molar-refractivity contribution is 0.463. The van der Waals surface area contributed by atoms with Gasteiger partial charge in [-0.15, -0.1) is 11.3 Å². The fourth-order valence-corrected chi connectivity index (χ4v) is 5.13. The lowest BCUT2D eigenvalue weighted by atomic mass is 10.0. The van der Waals surface area contributed by atoms with Crippen LogP contribution in [-0.4, -0.2) is 23.6 Å². The molecular weight excluding hydrogens is 270 g/mol. The molecule has 0 amide bonds. The molecular formula is C16H27NS2. The van der Waals surface area contributed by atoms with E-state index in [-0.39, 0.29) is 0 Å². The van der Waals surface area contributed by atoms with Gasteiger partial charge in [0.05, 0.1) is 0 Å². The molecule has 1 aromatic rings. The van der Waals surface area contributed by atoms with Crippen molar-refractivity contribution in [3.63, 3.8) is 0 Å². The molecule has 2 atom stereocenters. The molecule has 1 N–H and O–H groups in total. The van der Waals surface area contributed by atoms with E-state index < -0.39 is 0 Å². The molecule has 1 aliphatic rings. The van der Waals surface area contributed by atoms with E-state index in [1.807, 2.05) is 11.3 Å². The van der Waals surface area contributed by atoms with Gasteiger partial charge in [0.1, 0.15) is 0 Å². The SMILES string of the molecule is CCCNC(Cc1ccc(CC)s1)C1CCCCS1. The molecule has 0 bridgehead atoms. The van der Waals surface area contributed by atoms with Gasteiger partial charge in [0.15, 0.2) is 0 Å². The van der Waals surface area contributed by atoms with Gasteiger partial charge in [0.2, 0.25) is 0 Å². The van der Waals surface area contributed by atoms with Crippen molar-refractivity contribution in [1.82, 2.24) is 5.32 Å². The molecule has 1 fully saturated rings. The second-order valence-electron chi connectivity index (χ2n) is 5.39. The Morgan fingerprint density at radius 1 is 1.26 bits per heavy atom. The number of thiophene rings is 1. The quantitative estimate of drug-likeness (QED) is 0.795. The minimum atomic E-state index is 0.675. The van der Waals surface area contributed by atoms with Crippen LogP contribution >= 0.6 is 23.1 Å². The van der Waals surface area contributed by atoms with Gasteiger partial charge in [-0.25, -0.2) is 0 Å². The number of thioether (sulfide) groups is 1. The van der Waals surface area contributed by atoms with Crippen LogP contribution in [0.4, 0.5) is 0 Å². The molecule has 1 aliphatic heterocycles. The number of rotatable bonds is 7. The Balaban J connectivity index is 1.95. The molecule has 0 aromatic carbocycles. The second kappa shape index (κ2) is 8.33. The lowest BCUT2D eigenvalue weighted by Gasteiger charge is -2.30. The molecule has 3 heteroatoms. The van der Waals surface area contributed by atoms with Crippen molar-refractivity contribution in [3.8, 4) is 0 Å². The highest BCUT2D eigenvalue weighted by Crippen LogP contribution is 2.30. The zero-order valence-electron chi connectivity index (χ0n) is 12.3. The van der Waals surface area contributed by atoms with E-state index >= 15 is 0 Å². The van der Waals surface area contributed by atoms with Crippen molar-refractivity contribution < 1.29 is 0 Å². The normalized spacial score (nSPS) is 21.5. The lowest BCUT2D eigenvalue weighted by Crippen LogP contribution is -2.41. The van der Waals surface area contributed by atoms with Crippen molar-refractivity contribution in [1.29, 1.82) is 0 Å². The summed E-state index contributed by atoms with van der Waals surface area (Å²) >= 11 is 4.21. The maximum absolute atomic E-state index is 3.80. The predicted octanol–water partition coefficient (Wildman–Crippen LogP) is 4.51. The molecule has 19 heavy (non-hydrogen) atoms. The first kappa shape index (κ1) is 15.4. The van der Waals surface area contributed by atoms with Crippen molar-refractivity contribution in [2.24, 2.45) is 0 Å². The van der Waals surface area contributed by atoms with Crippen LogP contribution in [0.15, 0.2) is 12.1 Å². The molecule has 2 heterocycles. The Hall–Kier alpha value is 0.01000. The van der Waals surface area contributed by atoms with Crippen molar-refractivity contribution in [3.05, 3.63) is 21.9 Å². The van der Waals surface area contributed by atoms with Crippen molar-refractivity contribution in [2.75, 3.05) is 12.3 Å². The van der Waals surface area contributed by atoms with Crippen molar-refractivity contribution >= 4 is 23.1 Å². The highest BCUT2D eigenvalue weighted by molar-refractivity contribution is 8.00. The van der Waals surface area contributed by atoms with Crippen LogP contribution in [0.5, 0.6) is 0 Å². The fourth-order valence-electron chi connectivity index (χ4n) is 2.69. The van der Waals surface area contributed by atoms with E-state index in [0.29, 0.717) is 6.04 Å². The van der Waals surface area contributed by atoms with E-state index in [2.05, 4.69) is 43.1 Å². The van der Waals surface area contributed by atoms with Gasteiger partial charge in [-0.05, 0) is 56.5 Å². The summed E-state index contributed by atoms with van der Waals surface area (Å²) in [5.41, 5.74) is 0. The molecule has 2 unspecified atom stereocenters.